The Bertz CT molecular complexity index is 649. The van der Waals surface area contributed by atoms with Gasteiger partial charge in [0.1, 0.15) is 0 Å². The van der Waals surface area contributed by atoms with Gasteiger partial charge in [0.25, 0.3) is 5.91 Å². The number of benzene rings is 2. The lowest BCUT2D eigenvalue weighted by Gasteiger charge is -2.09. The number of ether oxygens (including phenoxy) is 1. The van der Waals surface area contributed by atoms with E-state index >= 15 is 0 Å². The summed E-state index contributed by atoms with van der Waals surface area (Å²) in [7, 11) is 0. The van der Waals surface area contributed by atoms with Gasteiger partial charge in [-0.15, -0.1) is 0 Å². The first-order valence-corrected chi connectivity index (χ1v) is 6.63. The molecule has 110 valence electrons. The van der Waals surface area contributed by atoms with Gasteiger partial charge in [0.2, 0.25) is 0 Å². The van der Waals surface area contributed by atoms with Crippen molar-refractivity contribution in [3.05, 3.63) is 58.9 Å². The van der Waals surface area contributed by atoms with Crippen molar-refractivity contribution >= 4 is 23.2 Å². The van der Waals surface area contributed by atoms with E-state index in [0.717, 1.165) is 0 Å². The van der Waals surface area contributed by atoms with Crippen molar-refractivity contribution in [2.75, 3.05) is 11.9 Å². The van der Waals surface area contributed by atoms with Gasteiger partial charge in [0.05, 0.1) is 10.7 Å². The van der Waals surface area contributed by atoms with Gasteiger partial charge in [-0.2, -0.15) is 0 Å². The van der Waals surface area contributed by atoms with Gasteiger partial charge >= 0.3 is 0 Å². The summed E-state index contributed by atoms with van der Waals surface area (Å²) in [6.07, 6.45) is 0. The number of rotatable bonds is 5. The van der Waals surface area contributed by atoms with Crippen LogP contribution in [0.25, 0.3) is 0 Å². The molecule has 0 saturated carbocycles. The van der Waals surface area contributed by atoms with E-state index in [1.165, 1.54) is 12.1 Å². The average Bonchev–Trinajstić information content (AvgIpc) is 2.48. The van der Waals surface area contributed by atoms with E-state index < -0.39 is 11.7 Å². The molecule has 0 fully saturated rings. The number of carbonyl (C=O) groups excluding carboxylic acids is 1. The largest absolute Gasteiger partial charge is 0.481 e. The number of carbonyl (C=O) groups is 1. The zero-order valence-electron chi connectivity index (χ0n) is 11.1. The Kier molecular flexibility index (Phi) is 5.14. The van der Waals surface area contributed by atoms with E-state index in [1.54, 1.807) is 30.3 Å². The predicted molar refractivity (Wildman–Crippen MR) is 79.9 cm³/mol. The van der Waals surface area contributed by atoms with E-state index in [0.29, 0.717) is 16.3 Å². The van der Waals surface area contributed by atoms with Crippen LogP contribution in [-0.4, -0.2) is 12.5 Å². The highest BCUT2D eigenvalue weighted by Crippen LogP contribution is 2.21. The lowest BCUT2D eigenvalue weighted by molar-refractivity contribution is -0.118. The normalized spacial score (nSPS) is 10.2. The molecule has 0 aliphatic heterocycles. The van der Waals surface area contributed by atoms with Crippen molar-refractivity contribution < 1.29 is 13.9 Å². The van der Waals surface area contributed by atoms with Crippen molar-refractivity contribution in [2.24, 2.45) is 5.73 Å². The summed E-state index contributed by atoms with van der Waals surface area (Å²) in [6.45, 7) is -0.0751. The molecule has 21 heavy (non-hydrogen) atoms. The van der Waals surface area contributed by atoms with Crippen LogP contribution < -0.4 is 15.8 Å². The quantitative estimate of drug-likeness (QED) is 0.892. The smallest absolute Gasteiger partial charge is 0.262 e. The fraction of sp³-hybridized carbons (Fsp3) is 0.133. The van der Waals surface area contributed by atoms with Crippen LogP contribution in [0.4, 0.5) is 10.1 Å². The summed E-state index contributed by atoms with van der Waals surface area (Å²) in [4.78, 5) is 11.7. The second-order valence-electron chi connectivity index (χ2n) is 4.29. The zero-order chi connectivity index (χ0) is 15.2. The number of hydrogen-bond acceptors (Lipinski definition) is 3. The highest BCUT2D eigenvalue weighted by atomic mass is 35.5. The van der Waals surface area contributed by atoms with E-state index in [4.69, 9.17) is 22.1 Å². The molecular formula is C15H14ClFN2O2. The molecule has 0 atom stereocenters. The molecule has 0 aliphatic carbocycles. The van der Waals surface area contributed by atoms with Gasteiger partial charge in [0.15, 0.2) is 18.2 Å². The average molecular weight is 309 g/mol. The second kappa shape index (κ2) is 7.06. The van der Waals surface area contributed by atoms with Crippen molar-refractivity contribution in [3.63, 3.8) is 0 Å². The van der Waals surface area contributed by atoms with Crippen molar-refractivity contribution in [1.82, 2.24) is 0 Å². The maximum Gasteiger partial charge on any atom is 0.262 e. The Morgan fingerprint density at radius 3 is 2.71 bits per heavy atom. The topological polar surface area (TPSA) is 64.3 Å². The van der Waals surface area contributed by atoms with Crippen LogP contribution in [0.5, 0.6) is 5.75 Å². The maximum absolute atomic E-state index is 13.6. The third-order valence-electron chi connectivity index (χ3n) is 2.74. The van der Waals surface area contributed by atoms with E-state index in [-0.39, 0.29) is 18.9 Å². The molecule has 0 unspecified atom stereocenters. The van der Waals surface area contributed by atoms with Gasteiger partial charge in [-0.3, -0.25) is 4.79 Å². The summed E-state index contributed by atoms with van der Waals surface area (Å²) in [5.74, 6) is -0.976. The molecule has 0 saturated heterocycles. The summed E-state index contributed by atoms with van der Waals surface area (Å²) in [5.41, 5.74) is 6.54. The second-order valence-corrected chi connectivity index (χ2v) is 4.69. The van der Waals surface area contributed by atoms with E-state index in [9.17, 15) is 9.18 Å². The number of anilines is 1. The monoisotopic (exact) mass is 308 g/mol. The van der Waals surface area contributed by atoms with Gasteiger partial charge in [-0.05, 0) is 29.8 Å². The molecule has 0 aromatic heterocycles. The molecule has 2 aromatic carbocycles. The van der Waals surface area contributed by atoms with Crippen LogP contribution in [0.15, 0.2) is 42.5 Å². The van der Waals surface area contributed by atoms with Gasteiger partial charge in [0, 0.05) is 6.54 Å². The fourth-order valence-corrected chi connectivity index (χ4v) is 1.86. The van der Waals surface area contributed by atoms with Crippen LogP contribution in [0.2, 0.25) is 5.02 Å². The highest BCUT2D eigenvalue weighted by molar-refractivity contribution is 6.33. The maximum atomic E-state index is 13.6. The Hall–Kier alpha value is -2.11. The summed E-state index contributed by atoms with van der Waals surface area (Å²) in [6, 6.07) is 11.2. The molecular weight excluding hydrogens is 295 g/mol. The molecule has 0 aliphatic rings. The molecule has 0 radical (unpaired) electrons. The molecule has 3 N–H and O–H groups in total. The molecule has 4 nitrogen and oxygen atoms in total. The van der Waals surface area contributed by atoms with E-state index in [2.05, 4.69) is 5.32 Å². The summed E-state index contributed by atoms with van der Waals surface area (Å²) < 4.78 is 18.8. The van der Waals surface area contributed by atoms with Crippen LogP contribution >= 0.6 is 11.6 Å². The number of amides is 1. The number of halogens is 2. The Balaban J connectivity index is 1.94. The minimum Gasteiger partial charge on any atom is -0.481 e. The minimum absolute atomic E-state index is 0.00140. The molecule has 0 heterocycles. The summed E-state index contributed by atoms with van der Waals surface area (Å²) >= 11 is 5.92. The number of para-hydroxylation sites is 1. The molecule has 1 amide bonds. The fourth-order valence-electron chi connectivity index (χ4n) is 1.68. The van der Waals surface area contributed by atoms with Crippen LogP contribution in [-0.2, 0) is 11.3 Å². The number of hydrogen-bond donors (Lipinski definition) is 2. The van der Waals surface area contributed by atoms with Gasteiger partial charge in [-0.1, -0.05) is 29.8 Å². The highest BCUT2D eigenvalue weighted by Gasteiger charge is 2.09. The third kappa shape index (κ3) is 4.18. The molecule has 2 rings (SSSR count). The first-order valence-electron chi connectivity index (χ1n) is 6.26. The first-order chi connectivity index (χ1) is 10.1. The Morgan fingerprint density at radius 2 is 2.05 bits per heavy atom. The van der Waals surface area contributed by atoms with E-state index in [1.807, 2.05) is 0 Å². The molecule has 6 heteroatoms. The summed E-state index contributed by atoms with van der Waals surface area (Å²) in [5, 5.41) is 3.00. The standard InChI is InChI=1S/C15H14ClFN2O2/c16-11-3-1-2-4-13(11)19-15(20)9-21-14-6-5-10(8-18)7-12(14)17/h1-7H,8-9,18H2,(H,19,20). The van der Waals surface area contributed by atoms with Crippen molar-refractivity contribution in [1.29, 1.82) is 0 Å². The SMILES string of the molecule is NCc1ccc(OCC(=O)Nc2ccccc2Cl)c(F)c1. The predicted octanol–water partition coefficient (Wildman–Crippen LogP) is 2.96. The Morgan fingerprint density at radius 1 is 1.29 bits per heavy atom. The lowest BCUT2D eigenvalue weighted by atomic mass is 10.2. The first kappa shape index (κ1) is 15.3. The number of nitrogens with one attached hydrogen (secondary N) is 1. The Labute approximate surface area is 126 Å². The molecule has 0 spiro atoms. The van der Waals surface area contributed by atoms with Gasteiger partial charge in [-0.25, -0.2) is 4.39 Å². The minimum atomic E-state index is -0.552. The lowest BCUT2D eigenvalue weighted by Crippen LogP contribution is -2.20. The zero-order valence-corrected chi connectivity index (χ0v) is 11.9. The van der Waals surface area contributed by atoms with Crippen molar-refractivity contribution in [3.8, 4) is 5.75 Å². The van der Waals surface area contributed by atoms with Crippen LogP contribution in [0, 0.1) is 5.82 Å². The van der Waals surface area contributed by atoms with Crippen LogP contribution in [0.1, 0.15) is 5.56 Å². The van der Waals surface area contributed by atoms with Crippen LogP contribution in [0.3, 0.4) is 0 Å². The molecule has 2 aromatic rings. The van der Waals surface area contributed by atoms with Gasteiger partial charge < -0.3 is 15.8 Å². The molecule has 0 bridgehead atoms. The third-order valence-corrected chi connectivity index (χ3v) is 3.07. The van der Waals surface area contributed by atoms with Crippen molar-refractivity contribution in [2.45, 2.75) is 6.54 Å². The number of nitrogens with two attached hydrogens (primary N) is 1.